The monoisotopic (exact) mass is 272 g/mol. The van der Waals surface area contributed by atoms with Crippen molar-refractivity contribution in [2.24, 2.45) is 7.05 Å². The van der Waals surface area contributed by atoms with Gasteiger partial charge in [-0.3, -0.25) is 9.48 Å². The summed E-state index contributed by atoms with van der Waals surface area (Å²) in [5, 5.41) is 7.16. The molecule has 0 spiro atoms. The molecule has 0 saturated heterocycles. The second kappa shape index (κ2) is 7.38. The number of aromatic nitrogens is 2. The van der Waals surface area contributed by atoms with Crippen LogP contribution in [0.4, 0.5) is 0 Å². The van der Waals surface area contributed by atoms with E-state index in [1.54, 1.807) is 7.05 Å². The number of aryl methyl sites for hydroxylation is 1. The first-order valence-corrected chi connectivity index (χ1v) is 6.66. The van der Waals surface area contributed by atoms with Gasteiger partial charge < -0.3 is 10.2 Å². The van der Waals surface area contributed by atoms with E-state index in [0.29, 0.717) is 17.3 Å². The number of amides is 1. The van der Waals surface area contributed by atoms with Crippen molar-refractivity contribution in [2.75, 3.05) is 26.2 Å². The van der Waals surface area contributed by atoms with Crippen LogP contribution < -0.4 is 5.32 Å². The Morgan fingerprint density at radius 1 is 1.50 bits per heavy atom. The Morgan fingerprint density at radius 2 is 2.17 bits per heavy atom. The highest BCUT2D eigenvalue weighted by molar-refractivity contribution is 6.32. The van der Waals surface area contributed by atoms with Crippen LogP contribution in [0.5, 0.6) is 0 Å². The zero-order valence-electron chi connectivity index (χ0n) is 11.2. The molecule has 0 aliphatic carbocycles. The third-order valence-corrected chi connectivity index (χ3v) is 3.39. The minimum Gasteiger partial charge on any atom is -0.352 e. The summed E-state index contributed by atoms with van der Waals surface area (Å²) >= 11 is 5.94. The SMILES string of the molecule is CCN(CC)CCCNC(=O)c1cnn(C)c1Cl. The fraction of sp³-hybridized carbons (Fsp3) is 0.667. The van der Waals surface area contributed by atoms with Crippen LogP contribution in [-0.2, 0) is 7.05 Å². The van der Waals surface area contributed by atoms with Gasteiger partial charge in [0, 0.05) is 13.6 Å². The van der Waals surface area contributed by atoms with Crippen molar-refractivity contribution in [2.45, 2.75) is 20.3 Å². The third-order valence-electron chi connectivity index (χ3n) is 2.94. The van der Waals surface area contributed by atoms with Crippen LogP contribution in [0.1, 0.15) is 30.6 Å². The summed E-state index contributed by atoms with van der Waals surface area (Å²) in [6.45, 7) is 8.00. The van der Waals surface area contributed by atoms with Crippen molar-refractivity contribution >= 4 is 17.5 Å². The molecule has 0 aliphatic heterocycles. The molecule has 1 N–H and O–H groups in total. The smallest absolute Gasteiger partial charge is 0.256 e. The molecule has 0 bridgehead atoms. The zero-order chi connectivity index (χ0) is 13.5. The first-order valence-electron chi connectivity index (χ1n) is 6.28. The number of hydrogen-bond acceptors (Lipinski definition) is 3. The molecule has 0 aromatic carbocycles. The summed E-state index contributed by atoms with van der Waals surface area (Å²) in [5.74, 6) is -0.160. The highest BCUT2D eigenvalue weighted by Gasteiger charge is 2.13. The third kappa shape index (κ3) is 3.99. The Labute approximate surface area is 113 Å². The number of nitrogens with one attached hydrogen (secondary N) is 1. The van der Waals surface area contributed by atoms with E-state index in [1.807, 2.05) is 0 Å². The average Bonchev–Trinajstić information content (AvgIpc) is 2.70. The molecule has 1 rings (SSSR count). The normalized spacial score (nSPS) is 10.9. The molecule has 18 heavy (non-hydrogen) atoms. The Hall–Kier alpha value is -1.07. The predicted octanol–water partition coefficient (Wildman–Crippen LogP) is 1.54. The maximum atomic E-state index is 11.8. The van der Waals surface area contributed by atoms with Gasteiger partial charge >= 0.3 is 0 Å². The van der Waals surface area contributed by atoms with Crippen molar-refractivity contribution < 1.29 is 4.79 Å². The minimum atomic E-state index is -0.160. The van der Waals surface area contributed by atoms with Gasteiger partial charge in [-0.25, -0.2) is 0 Å². The number of halogens is 1. The zero-order valence-corrected chi connectivity index (χ0v) is 12.0. The van der Waals surface area contributed by atoms with Crippen LogP contribution in [0.15, 0.2) is 6.20 Å². The first kappa shape index (κ1) is 15.0. The van der Waals surface area contributed by atoms with Crippen LogP contribution in [0, 0.1) is 0 Å². The summed E-state index contributed by atoms with van der Waals surface area (Å²) in [6.07, 6.45) is 2.42. The number of carbonyl (C=O) groups excluding carboxylic acids is 1. The van der Waals surface area contributed by atoms with E-state index in [9.17, 15) is 4.79 Å². The molecule has 1 amide bonds. The standard InChI is InChI=1S/C12H21ClN4O/c1-4-17(5-2)8-6-7-14-12(18)10-9-15-16(3)11(10)13/h9H,4-8H2,1-3H3,(H,14,18). The number of hydrogen-bond donors (Lipinski definition) is 1. The van der Waals surface area contributed by atoms with Gasteiger partial charge in [0.2, 0.25) is 0 Å². The summed E-state index contributed by atoms with van der Waals surface area (Å²) in [6, 6.07) is 0. The van der Waals surface area contributed by atoms with Crippen LogP contribution in [-0.4, -0.2) is 46.8 Å². The van der Waals surface area contributed by atoms with Crippen molar-refractivity contribution in [3.8, 4) is 0 Å². The lowest BCUT2D eigenvalue weighted by molar-refractivity contribution is 0.0952. The van der Waals surface area contributed by atoms with E-state index in [-0.39, 0.29) is 5.91 Å². The topological polar surface area (TPSA) is 50.2 Å². The highest BCUT2D eigenvalue weighted by Crippen LogP contribution is 2.13. The van der Waals surface area contributed by atoms with Crippen LogP contribution in [0.2, 0.25) is 5.15 Å². The lowest BCUT2D eigenvalue weighted by Gasteiger charge is -2.17. The maximum absolute atomic E-state index is 11.8. The van der Waals surface area contributed by atoms with Crippen molar-refractivity contribution in [3.63, 3.8) is 0 Å². The first-order chi connectivity index (χ1) is 8.60. The molecule has 0 atom stereocenters. The van der Waals surface area contributed by atoms with Crippen LogP contribution in [0.25, 0.3) is 0 Å². The van der Waals surface area contributed by atoms with Gasteiger partial charge in [0.15, 0.2) is 0 Å². The maximum Gasteiger partial charge on any atom is 0.256 e. The van der Waals surface area contributed by atoms with Crippen LogP contribution >= 0.6 is 11.6 Å². The Morgan fingerprint density at radius 3 is 2.67 bits per heavy atom. The van der Waals surface area contributed by atoms with E-state index in [1.165, 1.54) is 10.9 Å². The molecule has 0 aliphatic rings. The Balaban J connectivity index is 2.32. The molecule has 0 radical (unpaired) electrons. The van der Waals surface area contributed by atoms with Gasteiger partial charge in [0.05, 0.1) is 11.8 Å². The summed E-state index contributed by atoms with van der Waals surface area (Å²) in [4.78, 5) is 14.1. The molecule has 6 heteroatoms. The summed E-state index contributed by atoms with van der Waals surface area (Å²) in [7, 11) is 1.71. The minimum absolute atomic E-state index is 0.160. The van der Waals surface area contributed by atoms with Crippen molar-refractivity contribution in [3.05, 3.63) is 16.9 Å². The molecule has 0 fully saturated rings. The molecule has 0 saturated carbocycles. The van der Waals surface area contributed by atoms with E-state index >= 15 is 0 Å². The van der Waals surface area contributed by atoms with E-state index in [4.69, 9.17) is 11.6 Å². The number of nitrogens with zero attached hydrogens (tertiary/aromatic N) is 3. The summed E-state index contributed by atoms with van der Waals surface area (Å²) < 4.78 is 1.48. The molecule has 102 valence electrons. The Kier molecular flexibility index (Phi) is 6.15. The second-order valence-corrected chi connectivity index (χ2v) is 4.47. The Bertz CT molecular complexity index is 387. The molecular weight excluding hydrogens is 252 g/mol. The lowest BCUT2D eigenvalue weighted by Crippen LogP contribution is -2.29. The van der Waals surface area contributed by atoms with Gasteiger partial charge in [-0.1, -0.05) is 25.4 Å². The van der Waals surface area contributed by atoms with Crippen LogP contribution in [0.3, 0.4) is 0 Å². The number of rotatable bonds is 7. The van der Waals surface area contributed by atoms with Gasteiger partial charge in [0.1, 0.15) is 5.15 Å². The quantitative estimate of drug-likeness (QED) is 0.766. The van der Waals surface area contributed by atoms with Gasteiger partial charge in [-0.05, 0) is 26.1 Å². The predicted molar refractivity (Wildman–Crippen MR) is 73.0 cm³/mol. The lowest BCUT2D eigenvalue weighted by atomic mass is 10.3. The number of carbonyl (C=O) groups is 1. The van der Waals surface area contributed by atoms with Gasteiger partial charge in [-0.15, -0.1) is 0 Å². The van der Waals surface area contributed by atoms with Crippen molar-refractivity contribution in [1.82, 2.24) is 20.0 Å². The van der Waals surface area contributed by atoms with E-state index < -0.39 is 0 Å². The highest BCUT2D eigenvalue weighted by atomic mass is 35.5. The van der Waals surface area contributed by atoms with Gasteiger partial charge in [0.25, 0.3) is 5.91 Å². The second-order valence-electron chi connectivity index (χ2n) is 4.11. The van der Waals surface area contributed by atoms with Gasteiger partial charge in [-0.2, -0.15) is 5.10 Å². The van der Waals surface area contributed by atoms with E-state index in [2.05, 4.69) is 29.2 Å². The molecule has 5 nitrogen and oxygen atoms in total. The summed E-state index contributed by atoms with van der Waals surface area (Å²) in [5.41, 5.74) is 0.432. The van der Waals surface area contributed by atoms with Crippen molar-refractivity contribution in [1.29, 1.82) is 0 Å². The molecular formula is C12H21ClN4O. The molecule has 1 aromatic heterocycles. The molecule has 0 unspecified atom stereocenters. The fourth-order valence-electron chi connectivity index (χ4n) is 1.71. The molecule has 1 aromatic rings. The largest absolute Gasteiger partial charge is 0.352 e. The molecule has 1 heterocycles. The fourth-order valence-corrected chi connectivity index (χ4v) is 1.89. The van der Waals surface area contributed by atoms with E-state index in [0.717, 1.165) is 26.1 Å². The average molecular weight is 273 g/mol.